The molecule has 0 aliphatic heterocycles. The van der Waals surface area contributed by atoms with Gasteiger partial charge in [0.25, 0.3) is 0 Å². The number of allylic oxidation sites excluding steroid dienone is 6. The van der Waals surface area contributed by atoms with E-state index in [1.165, 1.54) is 11.1 Å². The van der Waals surface area contributed by atoms with Gasteiger partial charge in [0.2, 0.25) is 0 Å². The first-order valence-corrected chi connectivity index (χ1v) is 11.7. The van der Waals surface area contributed by atoms with Gasteiger partial charge in [-0.15, -0.1) is 0 Å². The predicted molar refractivity (Wildman–Crippen MR) is 102 cm³/mol. The van der Waals surface area contributed by atoms with E-state index in [0.717, 1.165) is 12.8 Å². The molecule has 2 rings (SSSR count). The van der Waals surface area contributed by atoms with Crippen LogP contribution in [0.4, 0.5) is 0 Å². The Morgan fingerprint density at radius 2 is 1.20 bits per heavy atom. The van der Waals surface area contributed by atoms with Crippen molar-refractivity contribution in [2.24, 2.45) is 0 Å². The van der Waals surface area contributed by atoms with Gasteiger partial charge in [-0.1, -0.05) is 69.2 Å². The molecule has 2 unspecified atom stereocenters. The topological polar surface area (TPSA) is 0 Å². The van der Waals surface area contributed by atoms with Crippen LogP contribution in [0, 0.1) is 0 Å². The van der Waals surface area contributed by atoms with Crippen LogP contribution in [0.3, 0.4) is 0 Å². The summed E-state index contributed by atoms with van der Waals surface area (Å²) in [6.45, 7) is 9.19. The van der Waals surface area contributed by atoms with Crippen molar-refractivity contribution in [3.05, 3.63) is 47.6 Å². The Balaban J connectivity index is 1.80. The summed E-state index contributed by atoms with van der Waals surface area (Å²) in [5, 5.41) is 0. The lowest BCUT2D eigenvalue weighted by Gasteiger charge is -2.32. The van der Waals surface area contributed by atoms with Crippen LogP contribution in [0.2, 0.25) is 0 Å². The van der Waals surface area contributed by atoms with Crippen molar-refractivity contribution in [3.8, 4) is 0 Å². The standard InChI is InChI=1S/C16H22S4/c1-13-9-5-7-11-15(13,3)17-19-20-18-16(4)12-8-6-10-14(16)2/h5-10H,11-12H2,1-4H3. The quantitative estimate of drug-likeness (QED) is 0.389. The fourth-order valence-corrected chi connectivity index (χ4v) is 10.1. The zero-order valence-corrected chi connectivity index (χ0v) is 15.8. The Kier molecular flexibility index (Phi) is 5.92. The second kappa shape index (κ2) is 7.08. The Hall–Kier alpha value is 0.360. The molecule has 0 radical (unpaired) electrons. The molecular weight excluding hydrogens is 320 g/mol. The third kappa shape index (κ3) is 3.96. The van der Waals surface area contributed by atoms with Gasteiger partial charge in [-0.25, -0.2) is 0 Å². The summed E-state index contributed by atoms with van der Waals surface area (Å²) < 4.78 is 0.510. The van der Waals surface area contributed by atoms with Crippen LogP contribution < -0.4 is 0 Å². The van der Waals surface area contributed by atoms with Crippen molar-refractivity contribution in [1.29, 1.82) is 0 Å². The molecule has 0 heterocycles. The molecule has 0 N–H and O–H groups in total. The summed E-state index contributed by atoms with van der Waals surface area (Å²) in [4.78, 5) is 0. The number of hydrogen-bond donors (Lipinski definition) is 0. The van der Waals surface area contributed by atoms with Gasteiger partial charge in [0.05, 0.1) is 0 Å². The Morgan fingerprint density at radius 1 is 0.800 bits per heavy atom. The Labute approximate surface area is 138 Å². The predicted octanol–water partition coefficient (Wildman–Crippen LogP) is 6.99. The normalized spacial score (nSPS) is 33.0. The van der Waals surface area contributed by atoms with Crippen LogP contribution in [0.15, 0.2) is 47.6 Å². The van der Waals surface area contributed by atoms with E-state index in [1.807, 2.05) is 41.2 Å². The molecule has 2 aliphatic carbocycles. The van der Waals surface area contributed by atoms with Crippen LogP contribution in [0.25, 0.3) is 0 Å². The molecule has 0 saturated heterocycles. The second-order valence-corrected chi connectivity index (χ2v) is 12.4. The van der Waals surface area contributed by atoms with Crippen molar-refractivity contribution in [2.75, 3.05) is 0 Å². The van der Waals surface area contributed by atoms with Crippen molar-refractivity contribution in [3.63, 3.8) is 0 Å². The summed E-state index contributed by atoms with van der Waals surface area (Å²) in [5.41, 5.74) is 2.96. The fraction of sp³-hybridized carbons (Fsp3) is 0.500. The van der Waals surface area contributed by atoms with Gasteiger partial charge in [0.15, 0.2) is 0 Å². The lowest BCUT2D eigenvalue weighted by Crippen LogP contribution is -2.21. The van der Waals surface area contributed by atoms with E-state index >= 15 is 0 Å². The molecule has 0 amide bonds. The molecule has 0 nitrogen and oxygen atoms in total. The molecule has 0 aromatic carbocycles. The van der Waals surface area contributed by atoms with Gasteiger partial charge in [-0.05, 0) is 60.2 Å². The average Bonchev–Trinajstić information content (AvgIpc) is 2.42. The molecule has 0 fully saturated rings. The van der Waals surface area contributed by atoms with Gasteiger partial charge in [0, 0.05) is 9.49 Å². The van der Waals surface area contributed by atoms with Gasteiger partial charge < -0.3 is 0 Å². The summed E-state index contributed by atoms with van der Waals surface area (Å²) in [6.07, 6.45) is 15.7. The van der Waals surface area contributed by atoms with Crippen LogP contribution in [0.5, 0.6) is 0 Å². The second-order valence-electron chi connectivity index (χ2n) is 5.73. The maximum atomic E-state index is 2.35. The highest BCUT2D eigenvalue weighted by Gasteiger charge is 2.30. The number of rotatable bonds is 5. The van der Waals surface area contributed by atoms with E-state index in [-0.39, 0.29) is 9.49 Å². The first-order valence-electron chi connectivity index (χ1n) is 6.84. The molecule has 4 heteroatoms. The third-order valence-electron chi connectivity index (χ3n) is 4.11. The van der Waals surface area contributed by atoms with Gasteiger partial charge in [-0.3, -0.25) is 0 Å². The maximum Gasteiger partial charge on any atom is 0.0486 e. The molecule has 110 valence electrons. The van der Waals surface area contributed by atoms with Crippen molar-refractivity contribution >= 4 is 41.2 Å². The van der Waals surface area contributed by atoms with Gasteiger partial charge >= 0.3 is 0 Å². The van der Waals surface area contributed by atoms with Crippen molar-refractivity contribution in [2.45, 2.75) is 50.0 Å². The van der Waals surface area contributed by atoms with Crippen LogP contribution >= 0.6 is 41.2 Å². The lowest BCUT2D eigenvalue weighted by atomic mass is 9.94. The average molecular weight is 343 g/mol. The Bertz CT molecular complexity index is 431. The minimum Gasteiger partial charge on any atom is -0.0828 e. The van der Waals surface area contributed by atoms with Crippen LogP contribution in [-0.2, 0) is 0 Å². The van der Waals surface area contributed by atoms with E-state index in [9.17, 15) is 0 Å². The zero-order chi connectivity index (χ0) is 14.6. The SMILES string of the molecule is CC1=CC=CCC1(C)SSSSC1(C)CC=CC=C1C. The summed E-state index contributed by atoms with van der Waals surface area (Å²) in [5.74, 6) is 0. The highest BCUT2D eigenvalue weighted by molar-refractivity contribution is 9.26. The molecule has 2 aliphatic rings. The fourth-order valence-electron chi connectivity index (χ4n) is 2.06. The molecule has 0 saturated carbocycles. The van der Waals surface area contributed by atoms with E-state index in [2.05, 4.69) is 64.2 Å². The Morgan fingerprint density at radius 3 is 1.55 bits per heavy atom. The van der Waals surface area contributed by atoms with E-state index in [1.54, 1.807) is 0 Å². The first kappa shape index (κ1) is 16.7. The van der Waals surface area contributed by atoms with Crippen molar-refractivity contribution in [1.82, 2.24) is 0 Å². The largest absolute Gasteiger partial charge is 0.0828 e. The maximum absolute atomic E-state index is 2.35. The van der Waals surface area contributed by atoms with Gasteiger partial charge in [-0.2, -0.15) is 0 Å². The summed E-state index contributed by atoms with van der Waals surface area (Å²) in [7, 11) is 7.85. The van der Waals surface area contributed by atoms with Crippen LogP contribution in [0.1, 0.15) is 40.5 Å². The van der Waals surface area contributed by atoms with Crippen LogP contribution in [-0.4, -0.2) is 9.49 Å². The highest BCUT2D eigenvalue weighted by atomic mass is 33.7. The lowest BCUT2D eigenvalue weighted by molar-refractivity contribution is 0.751. The first-order chi connectivity index (χ1) is 9.46. The summed E-state index contributed by atoms with van der Waals surface area (Å²) >= 11 is 0. The molecular formula is C16H22S4. The molecule has 0 spiro atoms. The molecule has 2 atom stereocenters. The number of hydrogen-bond acceptors (Lipinski definition) is 4. The molecule has 20 heavy (non-hydrogen) atoms. The van der Waals surface area contributed by atoms with E-state index < -0.39 is 0 Å². The molecule has 0 aromatic rings. The van der Waals surface area contributed by atoms with E-state index in [0.29, 0.717) is 0 Å². The summed E-state index contributed by atoms with van der Waals surface area (Å²) in [6, 6.07) is 0. The molecule has 0 aromatic heterocycles. The zero-order valence-electron chi connectivity index (χ0n) is 12.5. The monoisotopic (exact) mass is 342 g/mol. The smallest absolute Gasteiger partial charge is 0.0486 e. The van der Waals surface area contributed by atoms with Crippen molar-refractivity contribution < 1.29 is 0 Å². The third-order valence-corrected chi connectivity index (χ3v) is 12.0. The minimum atomic E-state index is 0.255. The minimum absolute atomic E-state index is 0.255. The van der Waals surface area contributed by atoms with Gasteiger partial charge in [0.1, 0.15) is 0 Å². The molecule has 0 bridgehead atoms. The van der Waals surface area contributed by atoms with E-state index in [4.69, 9.17) is 0 Å². The highest BCUT2D eigenvalue weighted by Crippen LogP contribution is 2.57.